The van der Waals surface area contributed by atoms with Crippen molar-refractivity contribution in [2.24, 2.45) is 11.8 Å². The van der Waals surface area contributed by atoms with Crippen LogP contribution in [-0.2, 0) is 16.1 Å². The molecule has 4 amide bonds. The number of thiazole rings is 1. The van der Waals surface area contributed by atoms with Gasteiger partial charge in [0.1, 0.15) is 5.60 Å². The molecule has 0 atom stereocenters. The van der Waals surface area contributed by atoms with Gasteiger partial charge in [0.2, 0.25) is 5.91 Å². The van der Waals surface area contributed by atoms with Crippen LogP contribution in [0.5, 0.6) is 0 Å². The first-order valence-corrected chi connectivity index (χ1v) is 14.6. The average molecular weight is 562 g/mol. The highest BCUT2D eigenvalue weighted by Gasteiger charge is 2.33. The molecular weight excluding hydrogens is 518 g/mol. The molecule has 3 heterocycles. The lowest BCUT2D eigenvalue weighted by molar-refractivity contribution is -0.134. The number of amides is 4. The summed E-state index contributed by atoms with van der Waals surface area (Å²) in [5, 5.41) is 12.2. The van der Waals surface area contributed by atoms with Crippen molar-refractivity contribution in [3.63, 3.8) is 0 Å². The molecule has 0 radical (unpaired) electrons. The van der Waals surface area contributed by atoms with Crippen LogP contribution < -0.4 is 4.90 Å². The molecule has 2 fully saturated rings. The summed E-state index contributed by atoms with van der Waals surface area (Å²) in [6.45, 7) is 14.9. The van der Waals surface area contributed by atoms with E-state index in [1.54, 1.807) is 16.2 Å². The number of rotatable bonds is 7. The maximum absolute atomic E-state index is 13.3. The number of urea groups is 1. The lowest BCUT2D eigenvalue weighted by atomic mass is 9.95. The topological polar surface area (TPSA) is 113 Å². The first-order chi connectivity index (χ1) is 18.4. The number of piperidine rings is 1. The molecule has 2 aliphatic heterocycles. The Kier molecular flexibility index (Phi) is 10.6. The summed E-state index contributed by atoms with van der Waals surface area (Å²) in [4.78, 5) is 51.5. The number of nitrogens with zero attached hydrogens (tertiary/aromatic N) is 7. The van der Waals surface area contributed by atoms with Crippen LogP contribution >= 0.6 is 11.3 Å². The summed E-state index contributed by atoms with van der Waals surface area (Å²) in [5.74, 6) is -0.0558. The summed E-state index contributed by atoms with van der Waals surface area (Å²) < 4.78 is 5.49. The molecule has 39 heavy (non-hydrogen) atoms. The highest BCUT2D eigenvalue weighted by atomic mass is 32.1. The molecule has 216 valence electrons. The van der Waals surface area contributed by atoms with E-state index in [1.165, 1.54) is 11.9 Å². The van der Waals surface area contributed by atoms with Gasteiger partial charge in [0.15, 0.2) is 11.3 Å². The second kappa shape index (κ2) is 13.4. The van der Waals surface area contributed by atoms with Crippen molar-refractivity contribution >= 4 is 34.5 Å². The maximum atomic E-state index is 13.3. The predicted octanol–water partition coefficient (Wildman–Crippen LogP) is 3.82. The van der Waals surface area contributed by atoms with Gasteiger partial charge in [0, 0.05) is 57.6 Å². The van der Waals surface area contributed by atoms with Gasteiger partial charge in [-0.2, -0.15) is 5.26 Å². The van der Waals surface area contributed by atoms with Crippen molar-refractivity contribution in [1.82, 2.24) is 24.6 Å². The third kappa shape index (κ3) is 8.80. The molecule has 2 aliphatic rings. The Bertz CT molecular complexity index is 1030. The van der Waals surface area contributed by atoms with Crippen LogP contribution in [0.25, 0.3) is 0 Å². The van der Waals surface area contributed by atoms with Crippen LogP contribution in [0.1, 0.15) is 59.6 Å². The van der Waals surface area contributed by atoms with E-state index in [2.05, 4.69) is 15.2 Å². The van der Waals surface area contributed by atoms with E-state index in [0.29, 0.717) is 64.4 Å². The van der Waals surface area contributed by atoms with Gasteiger partial charge in [-0.05, 0) is 59.0 Å². The smallest absolute Gasteiger partial charge is 0.410 e. The summed E-state index contributed by atoms with van der Waals surface area (Å²) in [6, 6.07) is -0.549. The van der Waals surface area contributed by atoms with Crippen molar-refractivity contribution in [3.05, 3.63) is 11.1 Å². The number of carbonyl (C=O) groups excluding carboxylic acids is 3. The fraction of sp³-hybridized carbons (Fsp3) is 0.741. The quantitative estimate of drug-likeness (QED) is 0.365. The lowest BCUT2D eigenvalue weighted by Crippen LogP contribution is -2.50. The van der Waals surface area contributed by atoms with Gasteiger partial charge in [-0.25, -0.2) is 19.5 Å². The van der Waals surface area contributed by atoms with Crippen molar-refractivity contribution in [2.75, 3.05) is 57.8 Å². The van der Waals surface area contributed by atoms with Gasteiger partial charge in [0.05, 0.1) is 5.69 Å². The summed E-state index contributed by atoms with van der Waals surface area (Å²) in [7, 11) is 1.39. The molecule has 12 heteroatoms. The molecule has 0 bridgehead atoms. The zero-order chi connectivity index (χ0) is 28.7. The van der Waals surface area contributed by atoms with E-state index in [-0.39, 0.29) is 17.9 Å². The molecular formula is C27H43N7O4S. The van der Waals surface area contributed by atoms with E-state index >= 15 is 0 Å². The van der Waals surface area contributed by atoms with Crippen molar-refractivity contribution in [3.8, 4) is 6.19 Å². The van der Waals surface area contributed by atoms with Crippen molar-refractivity contribution < 1.29 is 19.1 Å². The van der Waals surface area contributed by atoms with Gasteiger partial charge < -0.3 is 14.5 Å². The van der Waals surface area contributed by atoms with Crippen LogP contribution in [0, 0.1) is 23.3 Å². The van der Waals surface area contributed by atoms with Crippen LogP contribution in [0.4, 0.5) is 14.7 Å². The lowest BCUT2D eigenvalue weighted by Gasteiger charge is -2.35. The number of hydrogen-bond acceptors (Lipinski definition) is 9. The molecule has 3 rings (SSSR count). The Morgan fingerprint density at radius 2 is 1.79 bits per heavy atom. The van der Waals surface area contributed by atoms with E-state index in [4.69, 9.17) is 15.0 Å². The summed E-state index contributed by atoms with van der Waals surface area (Å²) >= 11 is 1.61. The molecule has 0 saturated carbocycles. The minimum absolute atomic E-state index is 0.177. The van der Waals surface area contributed by atoms with Gasteiger partial charge in [-0.15, -0.1) is 11.3 Å². The van der Waals surface area contributed by atoms with E-state index in [1.807, 2.05) is 40.8 Å². The monoisotopic (exact) mass is 561 g/mol. The predicted molar refractivity (Wildman–Crippen MR) is 150 cm³/mol. The van der Waals surface area contributed by atoms with Gasteiger partial charge in [-0.3, -0.25) is 14.6 Å². The molecule has 0 aliphatic carbocycles. The van der Waals surface area contributed by atoms with Crippen molar-refractivity contribution in [2.45, 2.75) is 66.0 Å². The number of hydrogen-bond donors (Lipinski definition) is 0. The normalized spacial score (nSPS) is 17.2. The number of piperazine rings is 1. The zero-order valence-electron chi connectivity index (χ0n) is 24.2. The Morgan fingerprint density at radius 1 is 1.15 bits per heavy atom. The second-order valence-corrected chi connectivity index (χ2v) is 12.6. The molecule has 0 unspecified atom stereocenters. The number of carbonyl (C=O) groups is 3. The third-order valence-corrected chi connectivity index (χ3v) is 7.88. The molecule has 0 N–H and O–H groups in total. The van der Waals surface area contributed by atoms with Crippen LogP contribution in [0.2, 0.25) is 0 Å². The van der Waals surface area contributed by atoms with Crippen LogP contribution in [-0.4, -0.2) is 101 Å². The van der Waals surface area contributed by atoms with Crippen LogP contribution in [0.15, 0.2) is 5.38 Å². The maximum Gasteiger partial charge on any atom is 0.410 e. The standard InChI is InChI=1S/C27H43N7O4S/c1-20(2)7-12-34(25(36)30(6)19-28)23(35)21-8-10-31(11-9-21)17-22-18-39-24(29-22)32-13-15-33(16-14-32)26(37)38-27(3,4)5/h18,20-21H,7-17H2,1-6H3. The van der Waals surface area contributed by atoms with Gasteiger partial charge in [0.25, 0.3) is 0 Å². The number of nitriles is 1. The molecule has 0 spiro atoms. The van der Waals surface area contributed by atoms with E-state index < -0.39 is 11.6 Å². The summed E-state index contributed by atoms with van der Waals surface area (Å²) in [5.41, 5.74) is 0.498. The number of ether oxygens (including phenoxy) is 1. The van der Waals surface area contributed by atoms with Crippen LogP contribution in [0.3, 0.4) is 0 Å². The fourth-order valence-corrected chi connectivity index (χ4v) is 5.49. The fourth-order valence-electron chi connectivity index (χ4n) is 4.62. The Labute approximate surface area is 236 Å². The first-order valence-electron chi connectivity index (χ1n) is 13.8. The highest BCUT2D eigenvalue weighted by molar-refractivity contribution is 7.13. The number of likely N-dealkylation sites (tertiary alicyclic amines) is 1. The molecule has 1 aromatic heterocycles. The van der Waals surface area contributed by atoms with Crippen molar-refractivity contribution in [1.29, 1.82) is 5.26 Å². The second-order valence-electron chi connectivity index (χ2n) is 11.7. The first kappa shape index (κ1) is 30.6. The zero-order valence-corrected chi connectivity index (χ0v) is 25.0. The SMILES string of the molecule is CC(C)CCN(C(=O)C1CCN(Cc2csc(N3CCN(C(=O)OC(C)(C)C)CC3)n2)CC1)C(=O)N(C)C#N. The number of anilines is 1. The minimum atomic E-state index is -0.549. The van der Waals surface area contributed by atoms with Gasteiger partial charge in [-0.1, -0.05) is 13.8 Å². The minimum Gasteiger partial charge on any atom is -0.444 e. The van der Waals surface area contributed by atoms with E-state index in [9.17, 15) is 14.4 Å². The third-order valence-electron chi connectivity index (χ3n) is 6.93. The average Bonchev–Trinajstić information content (AvgIpc) is 3.35. The van der Waals surface area contributed by atoms with E-state index in [0.717, 1.165) is 28.8 Å². The molecule has 0 aromatic carbocycles. The highest BCUT2D eigenvalue weighted by Crippen LogP contribution is 2.26. The summed E-state index contributed by atoms with van der Waals surface area (Å²) in [6.07, 6.45) is 3.59. The Balaban J connectivity index is 1.48. The Hall–Kier alpha value is -2.91. The molecule has 1 aromatic rings. The molecule has 2 saturated heterocycles. The van der Waals surface area contributed by atoms with Gasteiger partial charge >= 0.3 is 12.1 Å². The number of aromatic nitrogens is 1. The number of imide groups is 1. The Morgan fingerprint density at radius 3 is 2.36 bits per heavy atom. The largest absolute Gasteiger partial charge is 0.444 e. The molecule has 11 nitrogen and oxygen atoms in total.